The molecule has 1 aliphatic heterocycles. The van der Waals surface area contributed by atoms with E-state index in [-0.39, 0.29) is 11.8 Å². The van der Waals surface area contributed by atoms with E-state index in [0.29, 0.717) is 27.6 Å². The molecule has 0 radical (unpaired) electrons. The van der Waals surface area contributed by atoms with E-state index in [0.717, 1.165) is 32.0 Å². The molecule has 0 bridgehead atoms. The van der Waals surface area contributed by atoms with E-state index in [9.17, 15) is 9.59 Å². The Balaban J connectivity index is 1.89. The van der Waals surface area contributed by atoms with Gasteiger partial charge >= 0.3 is 5.97 Å². The minimum atomic E-state index is -0.834. The predicted molar refractivity (Wildman–Crippen MR) is 88.7 cm³/mol. The highest BCUT2D eigenvalue weighted by atomic mass is 35.5. The largest absolute Gasteiger partial charge is 0.465 e. The quantitative estimate of drug-likeness (QED) is 0.609. The Morgan fingerprint density at radius 1 is 1.29 bits per heavy atom. The first-order valence-corrected chi connectivity index (χ1v) is 8.52. The van der Waals surface area contributed by atoms with Gasteiger partial charge in [-0.05, 0) is 38.7 Å². The van der Waals surface area contributed by atoms with Crippen molar-refractivity contribution >= 4 is 23.9 Å². The monoisotopic (exact) mass is 352 g/mol. The molecule has 1 heterocycles. The van der Waals surface area contributed by atoms with Gasteiger partial charge in [0, 0.05) is 24.3 Å². The van der Waals surface area contributed by atoms with Crippen molar-refractivity contribution in [3.05, 3.63) is 22.2 Å². The number of hydrogen-bond donors (Lipinski definition) is 0. The van der Waals surface area contributed by atoms with Gasteiger partial charge in [-0.1, -0.05) is 11.6 Å². The van der Waals surface area contributed by atoms with E-state index < -0.39 is 11.8 Å². The Morgan fingerprint density at radius 3 is 2.50 bits per heavy atom. The number of methoxy groups -OCH3 is 1. The van der Waals surface area contributed by atoms with E-state index >= 15 is 0 Å². The van der Waals surface area contributed by atoms with Crippen LogP contribution in [0.1, 0.15) is 48.5 Å². The predicted octanol–water partition coefficient (Wildman–Crippen LogP) is 3.93. The molecule has 1 aliphatic carbocycles. The van der Waals surface area contributed by atoms with Crippen molar-refractivity contribution in [3.8, 4) is 11.5 Å². The molecule has 1 aromatic rings. The first-order chi connectivity index (χ1) is 11.4. The normalized spacial score (nSPS) is 28.5. The average Bonchev–Trinajstić information content (AvgIpc) is 2.97. The number of halogens is 1. The summed E-state index contributed by atoms with van der Waals surface area (Å²) >= 11 is 6.30. The molecule has 0 saturated heterocycles. The van der Waals surface area contributed by atoms with Gasteiger partial charge in [0.25, 0.3) is 5.79 Å². The molecule has 1 unspecified atom stereocenters. The molecular formula is C18H21ClO5. The van der Waals surface area contributed by atoms with E-state index in [1.54, 1.807) is 13.0 Å². The first-order valence-electron chi connectivity index (χ1n) is 8.14. The zero-order valence-corrected chi connectivity index (χ0v) is 14.8. The molecule has 1 aromatic carbocycles. The number of carbonyl (C=O) groups is 2. The van der Waals surface area contributed by atoms with E-state index in [2.05, 4.69) is 0 Å². The summed E-state index contributed by atoms with van der Waals surface area (Å²) in [7, 11) is 1.33. The van der Waals surface area contributed by atoms with E-state index in [1.165, 1.54) is 7.11 Å². The molecule has 0 aromatic heterocycles. The van der Waals surface area contributed by atoms with Gasteiger partial charge < -0.3 is 19.0 Å². The van der Waals surface area contributed by atoms with Crippen LogP contribution in [0.15, 0.2) is 6.07 Å². The zero-order valence-electron chi connectivity index (χ0n) is 14.1. The fourth-order valence-corrected chi connectivity index (χ4v) is 3.85. The molecule has 0 spiro atoms. The smallest absolute Gasteiger partial charge is 0.338 e. The molecular weight excluding hydrogens is 332 g/mol. The second-order valence-corrected chi connectivity index (χ2v) is 7.06. The highest BCUT2D eigenvalue weighted by molar-refractivity contribution is 6.32. The van der Waals surface area contributed by atoms with Crippen molar-refractivity contribution in [1.29, 1.82) is 0 Å². The molecule has 24 heavy (non-hydrogen) atoms. The van der Waals surface area contributed by atoms with Gasteiger partial charge in [-0.15, -0.1) is 0 Å². The molecule has 0 amide bonds. The summed E-state index contributed by atoms with van der Waals surface area (Å²) in [5.74, 6) is -0.0204. The molecule has 6 heteroatoms. The summed E-state index contributed by atoms with van der Waals surface area (Å²) in [5.41, 5.74) is 1.03. The van der Waals surface area contributed by atoms with Crippen LogP contribution in [0.5, 0.6) is 11.5 Å². The lowest BCUT2D eigenvalue weighted by molar-refractivity contribution is -0.128. The Hall–Kier alpha value is -1.75. The van der Waals surface area contributed by atoms with Crippen molar-refractivity contribution in [2.45, 2.75) is 45.3 Å². The van der Waals surface area contributed by atoms with E-state index in [1.807, 2.05) is 6.92 Å². The van der Waals surface area contributed by atoms with Crippen molar-refractivity contribution < 1.29 is 23.8 Å². The van der Waals surface area contributed by atoms with Crippen LogP contribution >= 0.6 is 11.6 Å². The minimum absolute atomic E-state index is 0.130. The number of esters is 1. The maximum atomic E-state index is 11.9. The van der Waals surface area contributed by atoms with Crippen LogP contribution in [0, 0.1) is 18.8 Å². The van der Waals surface area contributed by atoms with Gasteiger partial charge in [0.1, 0.15) is 6.29 Å². The maximum absolute atomic E-state index is 11.9. The van der Waals surface area contributed by atoms with Gasteiger partial charge in [-0.25, -0.2) is 4.79 Å². The topological polar surface area (TPSA) is 61.8 Å². The van der Waals surface area contributed by atoms with Crippen LogP contribution in [-0.2, 0) is 9.53 Å². The third-order valence-electron chi connectivity index (χ3n) is 5.16. The van der Waals surface area contributed by atoms with Gasteiger partial charge in [0.2, 0.25) is 0 Å². The molecule has 1 saturated carbocycles. The Morgan fingerprint density at radius 2 is 1.92 bits per heavy atom. The average molecular weight is 353 g/mol. The molecule has 3 rings (SSSR count). The third-order valence-corrected chi connectivity index (χ3v) is 5.44. The second kappa shape index (κ2) is 6.28. The Labute approximate surface area is 146 Å². The maximum Gasteiger partial charge on any atom is 0.338 e. The number of carbonyl (C=O) groups excluding carboxylic acids is 2. The van der Waals surface area contributed by atoms with Crippen LogP contribution in [0.2, 0.25) is 5.02 Å². The minimum Gasteiger partial charge on any atom is -0.465 e. The van der Waals surface area contributed by atoms with Gasteiger partial charge in [-0.2, -0.15) is 0 Å². The van der Waals surface area contributed by atoms with Crippen LogP contribution in [0.4, 0.5) is 0 Å². The highest BCUT2D eigenvalue weighted by Gasteiger charge is 2.47. The molecule has 5 nitrogen and oxygen atoms in total. The molecule has 1 fully saturated rings. The van der Waals surface area contributed by atoms with Crippen molar-refractivity contribution in [3.63, 3.8) is 0 Å². The molecule has 130 valence electrons. The van der Waals surface area contributed by atoms with Crippen molar-refractivity contribution in [1.82, 2.24) is 0 Å². The number of hydrogen-bond acceptors (Lipinski definition) is 5. The van der Waals surface area contributed by atoms with Crippen molar-refractivity contribution in [2.75, 3.05) is 7.11 Å². The number of fused-ring (bicyclic) bond motifs is 1. The number of aldehydes is 1. The zero-order chi connectivity index (χ0) is 17.5. The molecule has 2 aliphatic rings. The fraction of sp³-hybridized carbons (Fsp3) is 0.556. The highest BCUT2D eigenvalue weighted by Crippen LogP contribution is 2.51. The SMILES string of the molecule is COC(=O)c1cc(Cl)c2c(c1C)OC(C)(C1CCC(C=O)CC1)O2. The lowest BCUT2D eigenvalue weighted by Gasteiger charge is -2.36. The van der Waals surface area contributed by atoms with Crippen LogP contribution in [-0.4, -0.2) is 25.2 Å². The second-order valence-electron chi connectivity index (χ2n) is 6.65. The summed E-state index contributed by atoms with van der Waals surface area (Å²) in [5, 5.41) is 0.335. The van der Waals surface area contributed by atoms with Crippen LogP contribution < -0.4 is 9.47 Å². The van der Waals surface area contributed by atoms with E-state index in [4.69, 9.17) is 25.8 Å². The Bertz CT molecular complexity index is 678. The summed E-state index contributed by atoms with van der Waals surface area (Å²) in [6.07, 6.45) is 4.43. The summed E-state index contributed by atoms with van der Waals surface area (Å²) in [6, 6.07) is 1.56. The molecule has 1 atom stereocenters. The number of rotatable bonds is 3. The van der Waals surface area contributed by atoms with Crippen LogP contribution in [0.3, 0.4) is 0 Å². The van der Waals surface area contributed by atoms with Gasteiger partial charge in [0.15, 0.2) is 11.5 Å². The summed E-state index contributed by atoms with van der Waals surface area (Å²) in [6.45, 7) is 3.69. The first kappa shape index (κ1) is 17.1. The number of ether oxygens (including phenoxy) is 3. The van der Waals surface area contributed by atoms with Crippen molar-refractivity contribution in [2.24, 2.45) is 11.8 Å². The third kappa shape index (κ3) is 2.75. The lowest BCUT2D eigenvalue weighted by atomic mass is 9.79. The number of benzene rings is 1. The molecule has 0 N–H and O–H groups in total. The summed E-state index contributed by atoms with van der Waals surface area (Å²) < 4.78 is 17.0. The standard InChI is InChI=1S/C18H21ClO5/c1-10-13(17(21)22-3)8-14(19)16-15(10)23-18(2,24-16)12-6-4-11(9-20)5-7-12/h8-9,11-12H,4-7H2,1-3H3. The fourth-order valence-electron chi connectivity index (χ4n) is 3.61. The Kier molecular flexibility index (Phi) is 4.47. The lowest BCUT2D eigenvalue weighted by Crippen LogP contribution is -2.44. The van der Waals surface area contributed by atoms with Gasteiger partial charge in [-0.3, -0.25) is 0 Å². The summed E-state index contributed by atoms with van der Waals surface area (Å²) in [4.78, 5) is 22.8. The van der Waals surface area contributed by atoms with Crippen LogP contribution in [0.25, 0.3) is 0 Å². The van der Waals surface area contributed by atoms with Gasteiger partial charge in [0.05, 0.1) is 17.7 Å².